The molecule has 78 valence electrons. The van der Waals surface area contributed by atoms with Gasteiger partial charge in [0.1, 0.15) is 5.54 Å². The van der Waals surface area contributed by atoms with Crippen molar-refractivity contribution in [3.05, 3.63) is 0 Å². The fourth-order valence-electron chi connectivity index (χ4n) is 2.55. The minimum atomic E-state index is -0.470. The van der Waals surface area contributed by atoms with E-state index in [1.165, 1.54) is 32.1 Å². The van der Waals surface area contributed by atoms with Crippen molar-refractivity contribution in [3.63, 3.8) is 0 Å². The van der Waals surface area contributed by atoms with Gasteiger partial charge in [-0.1, -0.05) is 32.1 Å². The molecule has 1 amide bonds. The van der Waals surface area contributed by atoms with Gasteiger partial charge >= 0.3 is 0 Å². The van der Waals surface area contributed by atoms with Crippen LogP contribution in [0, 0.1) is 5.92 Å². The summed E-state index contributed by atoms with van der Waals surface area (Å²) in [7, 11) is 0. The summed E-state index contributed by atoms with van der Waals surface area (Å²) in [4.78, 5) is 15.8. The molecule has 1 heterocycles. The van der Waals surface area contributed by atoms with Crippen LogP contribution in [0.2, 0.25) is 0 Å². The van der Waals surface area contributed by atoms with Crippen molar-refractivity contribution in [1.82, 2.24) is 5.32 Å². The van der Waals surface area contributed by atoms with Crippen LogP contribution < -0.4 is 5.32 Å². The zero-order valence-corrected chi connectivity index (χ0v) is 8.75. The lowest BCUT2D eigenvalue weighted by Gasteiger charge is -2.27. The van der Waals surface area contributed by atoms with Crippen molar-refractivity contribution < 1.29 is 4.79 Å². The molecule has 0 bridgehead atoms. The average Bonchev–Trinajstić information content (AvgIpc) is 2.48. The van der Waals surface area contributed by atoms with Crippen molar-refractivity contribution >= 4 is 12.2 Å². The third-order valence-corrected chi connectivity index (χ3v) is 3.45. The van der Waals surface area contributed by atoms with Gasteiger partial charge in [-0.2, -0.15) is 0 Å². The Morgan fingerprint density at radius 1 is 1.50 bits per heavy atom. The lowest BCUT2D eigenvalue weighted by atomic mass is 9.80. The van der Waals surface area contributed by atoms with Crippen molar-refractivity contribution in [2.75, 3.05) is 0 Å². The minimum Gasteiger partial charge on any atom is -0.315 e. The van der Waals surface area contributed by atoms with Crippen LogP contribution in [-0.2, 0) is 4.79 Å². The molecule has 1 saturated carbocycles. The molecule has 0 aromatic heterocycles. The van der Waals surface area contributed by atoms with E-state index in [4.69, 9.17) is 0 Å². The highest BCUT2D eigenvalue weighted by Gasteiger charge is 2.37. The molecule has 14 heavy (non-hydrogen) atoms. The molecule has 0 aromatic rings. The zero-order valence-electron chi connectivity index (χ0n) is 8.75. The van der Waals surface area contributed by atoms with Crippen molar-refractivity contribution in [3.8, 4) is 0 Å². The van der Waals surface area contributed by atoms with E-state index in [-0.39, 0.29) is 5.91 Å². The second-order valence-electron chi connectivity index (χ2n) is 4.71. The van der Waals surface area contributed by atoms with E-state index in [1.807, 2.05) is 6.92 Å². The Morgan fingerprint density at radius 2 is 2.21 bits per heavy atom. The highest BCUT2D eigenvalue weighted by molar-refractivity contribution is 5.99. The summed E-state index contributed by atoms with van der Waals surface area (Å²) in [5, 5.41) is 2.67. The first-order chi connectivity index (χ1) is 6.71. The van der Waals surface area contributed by atoms with Crippen LogP contribution in [0.1, 0.15) is 45.4 Å². The Hall–Kier alpha value is -0.860. The summed E-state index contributed by atoms with van der Waals surface area (Å²) >= 11 is 0. The van der Waals surface area contributed by atoms with Crippen molar-refractivity contribution in [2.24, 2.45) is 10.9 Å². The number of carbonyl (C=O) groups is 1. The Labute approximate surface area is 85.0 Å². The highest BCUT2D eigenvalue weighted by atomic mass is 16.2. The molecule has 1 unspecified atom stereocenters. The third-order valence-electron chi connectivity index (χ3n) is 3.45. The first-order valence-corrected chi connectivity index (χ1v) is 5.55. The molecular weight excluding hydrogens is 176 g/mol. The Morgan fingerprint density at radius 3 is 2.79 bits per heavy atom. The standard InChI is InChI=1S/C11H18N2O/c1-11(10(14)12-8-13-11)7-9-5-3-2-4-6-9/h8-9H,2-7H2,1H3,(H,12,13,14). The largest absolute Gasteiger partial charge is 0.315 e. The maximum Gasteiger partial charge on any atom is 0.252 e. The average molecular weight is 194 g/mol. The maximum atomic E-state index is 11.5. The van der Waals surface area contributed by atoms with Gasteiger partial charge in [-0.15, -0.1) is 0 Å². The lowest BCUT2D eigenvalue weighted by molar-refractivity contribution is -0.123. The van der Waals surface area contributed by atoms with Crippen LogP contribution in [0.5, 0.6) is 0 Å². The van der Waals surface area contributed by atoms with Gasteiger partial charge < -0.3 is 5.32 Å². The van der Waals surface area contributed by atoms with Crippen molar-refractivity contribution in [1.29, 1.82) is 0 Å². The molecule has 2 aliphatic rings. The number of amides is 1. The molecule has 3 heteroatoms. The fraction of sp³-hybridized carbons (Fsp3) is 0.818. The van der Waals surface area contributed by atoms with Gasteiger partial charge in [0.2, 0.25) is 0 Å². The van der Waals surface area contributed by atoms with Gasteiger partial charge in [0.25, 0.3) is 5.91 Å². The Bertz CT molecular complexity index is 256. The van der Waals surface area contributed by atoms with E-state index in [0.29, 0.717) is 5.92 Å². The molecule has 2 rings (SSSR count). The molecule has 0 saturated heterocycles. The van der Waals surface area contributed by atoms with Crippen molar-refractivity contribution in [2.45, 2.75) is 51.0 Å². The smallest absolute Gasteiger partial charge is 0.252 e. The molecule has 0 radical (unpaired) electrons. The fourth-order valence-corrected chi connectivity index (χ4v) is 2.55. The van der Waals surface area contributed by atoms with Gasteiger partial charge in [-0.05, 0) is 19.3 Å². The number of nitrogens with one attached hydrogen (secondary N) is 1. The monoisotopic (exact) mass is 194 g/mol. The topological polar surface area (TPSA) is 41.5 Å². The molecular formula is C11H18N2O. The predicted octanol–water partition coefficient (Wildman–Crippen LogP) is 1.87. The van der Waals surface area contributed by atoms with E-state index in [2.05, 4.69) is 10.3 Å². The first kappa shape index (κ1) is 9.69. The summed E-state index contributed by atoms with van der Waals surface area (Å²) in [6, 6.07) is 0. The van der Waals surface area contributed by atoms with Crippen LogP contribution >= 0.6 is 0 Å². The van der Waals surface area contributed by atoms with Gasteiger partial charge in [0, 0.05) is 0 Å². The normalized spacial score (nSPS) is 33.4. The molecule has 0 spiro atoms. The maximum absolute atomic E-state index is 11.5. The molecule has 1 aliphatic heterocycles. The summed E-state index contributed by atoms with van der Waals surface area (Å²) < 4.78 is 0. The number of rotatable bonds is 2. The number of carbonyl (C=O) groups excluding carboxylic acids is 1. The second-order valence-corrected chi connectivity index (χ2v) is 4.71. The van der Waals surface area contributed by atoms with Crippen LogP contribution in [0.25, 0.3) is 0 Å². The molecule has 0 aromatic carbocycles. The molecule has 1 N–H and O–H groups in total. The van der Waals surface area contributed by atoms with E-state index in [0.717, 1.165) is 6.42 Å². The van der Waals surface area contributed by atoms with Crippen LogP contribution in [0.4, 0.5) is 0 Å². The molecule has 1 aliphatic carbocycles. The van der Waals surface area contributed by atoms with E-state index >= 15 is 0 Å². The quantitative estimate of drug-likeness (QED) is 0.716. The lowest BCUT2D eigenvalue weighted by Crippen LogP contribution is -2.38. The van der Waals surface area contributed by atoms with E-state index < -0.39 is 5.54 Å². The van der Waals surface area contributed by atoms with Gasteiger partial charge in [0.05, 0.1) is 6.34 Å². The highest BCUT2D eigenvalue weighted by Crippen LogP contribution is 2.33. The van der Waals surface area contributed by atoms with Crippen LogP contribution in [-0.4, -0.2) is 17.8 Å². The number of aliphatic imine (C=N–C) groups is 1. The molecule has 1 fully saturated rings. The first-order valence-electron chi connectivity index (χ1n) is 5.55. The Balaban J connectivity index is 1.95. The summed E-state index contributed by atoms with van der Waals surface area (Å²) in [5.74, 6) is 0.776. The zero-order chi connectivity index (χ0) is 10.0. The number of hydrogen-bond acceptors (Lipinski definition) is 2. The second kappa shape index (κ2) is 3.71. The molecule has 3 nitrogen and oxygen atoms in total. The Kier molecular flexibility index (Phi) is 2.57. The number of hydrogen-bond donors (Lipinski definition) is 1. The summed E-state index contributed by atoms with van der Waals surface area (Å²) in [5.41, 5.74) is -0.470. The summed E-state index contributed by atoms with van der Waals surface area (Å²) in [6.45, 7) is 1.94. The predicted molar refractivity (Wildman–Crippen MR) is 56.2 cm³/mol. The summed E-state index contributed by atoms with van der Waals surface area (Å²) in [6.07, 6.45) is 9.04. The molecule has 1 atom stereocenters. The van der Waals surface area contributed by atoms with Crippen LogP contribution in [0.15, 0.2) is 4.99 Å². The van der Waals surface area contributed by atoms with Gasteiger partial charge in [-0.25, -0.2) is 0 Å². The van der Waals surface area contributed by atoms with E-state index in [9.17, 15) is 4.79 Å². The van der Waals surface area contributed by atoms with E-state index in [1.54, 1.807) is 6.34 Å². The SMILES string of the molecule is CC1(CC2CCCCC2)N=CNC1=O. The van der Waals surface area contributed by atoms with Crippen LogP contribution in [0.3, 0.4) is 0 Å². The van der Waals surface area contributed by atoms with Gasteiger partial charge in [-0.3, -0.25) is 9.79 Å². The third kappa shape index (κ3) is 1.81. The minimum absolute atomic E-state index is 0.0723. The van der Waals surface area contributed by atoms with Gasteiger partial charge in [0.15, 0.2) is 0 Å². The number of nitrogens with zero attached hydrogens (tertiary/aromatic N) is 1.